The first-order valence-corrected chi connectivity index (χ1v) is 6.40. The van der Waals surface area contributed by atoms with Crippen molar-refractivity contribution < 1.29 is 19.4 Å². The summed E-state index contributed by atoms with van der Waals surface area (Å²) in [6, 6.07) is 0. The van der Waals surface area contributed by atoms with Crippen molar-refractivity contribution in [2.24, 2.45) is 17.6 Å². The van der Waals surface area contributed by atoms with Gasteiger partial charge in [0.05, 0.1) is 12.0 Å². The highest BCUT2D eigenvalue weighted by Crippen LogP contribution is 2.27. The summed E-state index contributed by atoms with van der Waals surface area (Å²) in [7, 11) is 0. The number of likely N-dealkylation sites (tertiary alicyclic amines) is 1. The van der Waals surface area contributed by atoms with Crippen LogP contribution in [0.25, 0.3) is 0 Å². The lowest BCUT2D eigenvalue weighted by molar-refractivity contribution is -0.144. The van der Waals surface area contributed by atoms with Crippen LogP contribution >= 0.6 is 0 Å². The standard InChI is InChI=1S/C12H20N2O4/c1-7-5-14(6-9(7)12(16)17)11(15)10-3-2-8(4-13)18-10/h7-10H,2-6,13H2,1H3,(H,16,17)/t7-,8?,9-,10?/m1/s1. The van der Waals surface area contributed by atoms with E-state index in [4.69, 9.17) is 15.6 Å². The third kappa shape index (κ3) is 2.49. The second kappa shape index (κ2) is 5.24. The highest BCUT2D eigenvalue weighted by atomic mass is 16.5. The number of nitrogens with zero attached hydrogens (tertiary/aromatic N) is 1. The lowest BCUT2D eigenvalue weighted by Crippen LogP contribution is -2.38. The van der Waals surface area contributed by atoms with Crippen LogP contribution in [0.1, 0.15) is 19.8 Å². The van der Waals surface area contributed by atoms with Gasteiger partial charge >= 0.3 is 5.97 Å². The minimum atomic E-state index is -0.829. The fraction of sp³-hybridized carbons (Fsp3) is 0.833. The van der Waals surface area contributed by atoms with Crippen molar-refractivity contribution >= 4 is 11.9 Å². The van der Waals surface area contributed by atoms with E-state index in [2.05, 4.69) is 0 Å². The van der Waals surface area contributed by atoms with Gasteiger partial charge in [0.2, 0.25) is 0 Å². The van der Waals surface area contributed by atoms with E-state index in [1.54, 1.807) is 4.90 Å². The van der Waals surface area contributed by atoms with Crippen molar-refractivity contribution in [1.82, 2.24) is 4.90 Å². The predicted octanol–water partition coefficient (Wildman–Crippen LogP) is -0.328. The maximum atomic E-state index is 12.2. The summed E-state index contributed by atoms with van der Waals surface area (Å²) < 4.78 is 5.55. The van der Waals surface area contributed by atoms with Crippen LogP contribution in [0, 0.1) is 11.8 Å². The zero-order valence-corrected chi connectivity index (χ0v) is 10.5. The molecule has 0 aromatic carbocycles. The number of rotatable bonds is 3. The Morgan fingerprint density at radius 3 is 2.61 bits per heavy atom. The largest absolute Gasteiger partial charge is 0.481 e. The van der Waals surface area contributed by atoms with E-state index >= 15 is 0 Å². The molecule has 0 spiro atoms. The Morgan fingerprint density at radius 2 is 2.11 bits per heavy atom. The summed E-state index contributed by atoms with van der Waals surface area (Å²) in [5.74, 6) is -1.37. The van der Waals surface area contributed by atoms with Crippen molar-refractivity contribution in [2.75, 3.05) is 19.6 Å². The predicted molar refractivity (Wildman–Crippen MR) is 63.8 cm³/mol. The molecule has 0 saturated carbocycles. The number of ether oxygens (including phenoxy) is 1. The first-order valence-electron chi connectivity index (χ1n) is 6.40. The SMILES string of the molecule is C[C@@H]1CN(C(=O)C2CCC(CN)O2)C[C@H]1C(=O)O. The average molecular weight is 256 g/mol. The molecular formula is C12H20N2O4. The van der Waals surface area contributed by atoms with E-state index in [9.17, 15) is 9.59 Å². The fourth-order valence-corrected chi connectivity index (χ4v) is 2.73. The molecule has 6 heteroatoms. The van der Waals surface area contributed by atoms with Gasteiger partial charge in [-0.05, 0) is 18.8 Å². The Morgan fingerprint density at radius 1 is 1.39 bits per heavy atom. The first-order chi connectivity index (χ1) is 8.52. The van der Waals surface area contributed by atoms with Crippen LogP contribution in [0.15, 0.2) is 0 Å². The molecule has 2 unspecified atom stereocenters. The van der Waals surface area contributed by atoms with Gasteiger partial charge in [0.25, 0.3) is 5.91 Å². The van der Waals surface area contributed by atoms with Gasteiger partial charge in [-0.1, -0.05) is 6.92 Å². The topological polar surface area (TPSA) is 92.9 Å². The molecule has 0 aromatic rings. The number of carboxylic acid groups (broad SMARTS) is 1. The summed E-state index contributed by atoms with van der Waals surface area (Å²) in [5, 5.41) is 9.04. The molecule has 2 saturated heterocycles. The molecule has 3 N–H and O–H groups in total. The number of aliphatic carboxylic acids is 1. The average Bonchev–Trinajstić information content (AvgIpc) is 2.94. The molecule has 1 amide bonds. The van der Waals surface area contributed by atoms with Gasteiger partial charge < -0.3 is 20.5 Å². The van der Waals surface area contributed by atoms with E-state index in [0.29, 0.717) is 26.1 Å². The number of nitrogens with two attached hydrogens (primary N) is 1. The quantitative estimate of drug-likeness (QED) is 0.721. The number of carbonyl (C=O) groups is 2. The van der Waals surface area contributed by atoms with E-state index < -0.39 is 18.0 Å². The molecule has 6 nitrogen and oxygen atoms in total. The summed E-state index contributed by atoms with van der Waals surface area (Å²) in [4.78, 5) is 24.8. The Balaban J connectivity index is 1.93. The molecule has 4 atom stereocenters. The van der Waals surface area contributed by atoms with Crippen molar-refractivity contribution in [3.8, 4) is 0 Å². The summed E-state index contributed by atoms with van der Waals surface area (Å²) in [5.41, 5.74) is 5.51. The van der Waals surface area contributed by atoms with Gasteiger partial charge in [-0.15, -0.1) is 0 Å². The van der Waals surface area contributed by atoms with E-state index in [1.807, 2.05) is 6.92 Å². The highest BCUT2D eigenvalue weighted by molar-refractivity contribution is 5.83. The summed E-state index contributed by atoms with van der Waals surface area (Å²) in [6.45, 7) is 3.09. The zero-order valence-electron chi connectivity index (χ0n) is 10.5. The first kappa shape index (κ1) is 13.3. The monoisotopic (exact) mass is 256 g/mol. The third-order valence-electron chi connectivity index (χ3n) is 3.89. The van der Waals surface area contributed by atoms with E-state index in [1.165, 1.54) is 0 Å². The van der Waals surface area contributed by atoms with Crippen molar-refractivity contribution in [2.45, 2.75) is 32.0 Å². The molecule has 2 aliphatic heterocycles. The third-order valence-corrected chi connectivity index (χ3v) is 3.89. The number of carboxylic acids is 1. The van der Waals surface area contributed by atoms with E-state index in [0.717, 1.165) is 6.42 Å². The van der Waals surface area contributed by atoms with Crippen LogP contribution < -0.4 is 5.73 Å². The maximum absolute atomic E-state index is 12.2. The molecular weight excluding hydrogens is 236 g/mol. The van der Waals surface area contributed by atoms with Gasteiger partial charge in [-0.25, -0.2) is 0 Å². The summed E-state index contributed by atoms with van der Waals surface area (Å²) >= 11 is 0. The Kier molecular flexibility index (Phi) is 3.87. The molecule has 2 fully saturated rings. The molecule has 2 aliphatic rings. The van der Waals surface area contributed by atoms with Gasteiger partial charge in [0.1, 0.15) is 6.10 Å². The van der Waals surface area contributed by atoms with E-state index in [-0.39, 0.29) is 17.9 Å². The number of hydrogen-bond acceptors (Lipinski definition) is 4. The Labute approximate surface area is 106 Å². The minimum absolute atomic E-state index is 0.00171. The fourth-order valence-electron chi connectivity index (χ4n) is 2.73. The smallest absolute Gasteiger partial charge is 0.308 e. The normalized spacial score (nSPS) is 36.0. The number of carbonyl (C=O) groups excluding carboxylic acids is 1. The molecule has 2 rings (SSSR count). The Bertz CT molecular complexity index is 347. The highest BCUT2D eigenvalue weighted by Gasteiger charge is 2.40. The Hall–Kier alpha value is -1.14. The van der Waals surface area contributed by atoms with Gasteiger partial charge in [-0.2, -0.15) is 0 Å². The van der Waals surface area contributed by atoms with Crippen LogP contribution in [-0.2, 0) is 14.3 Å². The van der Waals surface area contributed by atoms with Crippen LogP contribution in [-0.4, -0.2) is 53.7 Å². The summed E-state index contributed by atoms with van der Waals surface area (Å²) in [6.07, 6.45) is 1.02. The van der Waals surface area contributed by atoms with Crippen molar-refractivity contribution in [3.05, 3.63) is 0 Å². The van der Waals surface area contributed by atoms with Gasteiger partial charge in [0, 0.05) is 19.6 Å². The van der Waals surface area contributed by atoms with Crippen LogP contribution in [0.3, 0.4) is 0 Å². The number of hydrogen-bond donors (Lipinski definition) is 2. The molecule has 18 heavy (non-hydrogen) atoms. The molecule has 0 radical (unpaired) electrons. The van der Waals surface area contributed by atoms with Crippen LogP contribution in [0.4, 0.5) is 0 Å². The lowest BCUT2D eigenvalue weighted by Gasteiger charge is -2.20. The lowest BCUT2D eigenvalue weighted by atomic mass is 9.99. The molecule has 102 valence electrons. The molecule has 0 aromatic heterocycles. The van der Waals surface area contributed by atoms with Crippen molar-refractivity contribution in [1.29, 1.82) is 0 Å². The van der Waals surface area contributed by atoms with Crippen LogP contribution in [0.2, 0.25) is 0 Å². The van der Waals surface area contributed by atoms with Gasteiger partial charge in [-0.3, -0.25) is 9.59 Å². The second-order valence-electron chi connectivity index (χ2n) is 5.23. The maximum Gasteiger partial charge on any atom is 0.308 e. The van der Waals surface area contributed by atoms with Gasteiger partial charge in [0.15, 0.2) is 0 Å². The number of amides is 1. The van der Waals surface area contributed by atoms with Crippen molar-refractivity contribution in [3.63, 3.8) is 0 Å². The molecule has 0 aliphatic carbocycles. The minimum Gasteiger partial charge on any atom is -0.481 e. The second-order valence-corrected chi connectivity index (χ2v) is 5.23. The zero-order chi connectivity index (χ0) is 13.3. The molecule has 2 heterocycles. The van der Waals surface area contributed by atoms with Crippen LogP contribution in [0.5, 0.6) is 0 Å². The molecule has 0 bridgehead atoms.